The fourth-order valence-electron chi connectivity index (χ4n) is 2.46. The molecule has 2 aromatic rings. The molecule has 0 amide bonds. The van der Waals surface area contributed by atoms with Crippen molar-refractivity contribution in [1.29, 1.82) is 0 Å². The molecule has 0 aliphatic rings. The van der Waals surface area contributed by atoms with Crippen LogP contribution in [0.15, 0.2) is 54.6 Å². The van der Waals surface area contributed by atoms with Gasteiger partial charge in [-0.3, -0.25) is 0 Å². The average molecular weight is 283 g/mol. The molecule has 21 heavy (non-hydrogen) atoms. The maximum absolute atomic E-state index is 6.30. The van der Waals surface area contributed by atoms with Gasteiger partial charge in [0, 0.05) is 19.2 Å². The van der Waals surface area contributed by atoms with Crippen LogP contribution in [0.4, 0.5) is 5.69 Å². The first-order valence-corrected chi connectivity index (χ1v) is 7.48. The molecule has 0 saturated carbocycles. The first kappa shape index (κ1) is 15.6. The van der Waals surface area contributed by atoms with Gasteiger partial charge in [-0.15, -0.1) is 0 Å². The molecule has 0 fully saturated rings. The maximum atomic E-state index is 6.30. The van der Waals surface area contributed by atoms with E-state index in [1.165, 1.54) is 11.1 Å². The van der Waals surface area contributed by atoms with Gasteiger partial charge < -0.3 is 10.1 Å². The van der Waals surface area contributed by atoms with Crippen LogP contribution in [0.25, 0.3) is 0 Å². The molecule has 0 spiro atoms. The molecule has 1 unspecified atom stereocenters. The predicted octanol–water partition coefficient (Wildman–Crippen LogP) is 4.83. The summed E-state index contributed by atoms with van der Waals surface area (Å²) in [6, 6.07) is 18.8. The number of ether oxygens (including phenoxy) is 1. The van der Waals surface area contributed by atoms with Gasteiger partial charge in [-0.05, 0) is 38.0 Å². The van der Waals surface area contributed by atoms with Gasteiger partial charge in [0.2, 0.25) is 0 Å². The number of para-hydroxylation sites is 1. The van der Waals surface area contributed by atoms with Crippen molar-refractivity contribution in [3.8, 4) is 0 Å². The van der Waals surface area contributed by atoms with E-state index in [2.05, 4.69) is 74.6 Å². The minimum atomic E-state index is -0.172. The first-order valence-electron chi connectivity index (χ1n) is 7.48. The fraction of sp³-hybridized carbons (Fsp3) is 0.368. The molecule has 0 saturated heterocycles. The molecule has 0 aliphatic heterocycles. The summed E-state index contributed by atoms with van der Waals surface area (Å²) in [5, 5.41) is 3.26. The van der Waals surface area contributed by atoms with Crippen LogP contribution >= 0.6 is 0 Å². The SMILES string of the molecule is CNc1ccccc1CC(OC(C)(C)C)c1ccccc1. The Morgan fingerprint density at radius 2 is 1.57 bits per heavy atom. The highest BCUT2D eigenvalue weighted by Crippen LogP contribution is 2.29. The molecule has 0 aliphatic carbocycles. The van der Waals surface area contributed by atoms with Gasteiger partial charge in [0.1, 0.15) is 0 Å². The van der Waals surface area contributed by atoms with Gasteiger partial charge in [0.15, 0.2) is 0 Å². The van der Waals surface area contributed by atoms with Gasteiger partial charge in [0.05, 0.1) is 11.7 Å². The Bertz CT molecular complexity index is 557. The summed E-state index contributed by atoms with van der Waals surface area (Å²) in [5.41, 5.74) is 3.49. The van der Waals surface area contributed by atoms with Crippen molar-refractivity contribution in [2.45, 2.75) is 38.9 Å². The van der Waals surface area contributed by atoms with Crippen LogP contribution in [-0.4, -0.2) is 12.6 Å². The summed E-state index contributed by atoms with van der Waals surface area (Å²) in [6.45, 7) is 6.31. The summed E-state index contributed by atoms with van der Waals surface area (Å²) < 4.78 is 6.30. The van der Waals surface area contributed by atoms with Crippen LogP contribution in [-0.2, 0) is 11.2 Å². The standard InChI is InChI=1S/C19H25NO/c1-19(2,3)21-18(15-10-6-5-7-11-15)14-16-12-8-9-13-17(16)20-4/h5-13,18,20H,14H2,1-4H3. The van der Waals surface area contributed by atoms with E-state index in [0.717, 1.165) is 12.1 Å². The van der Waals surface area contributed by atoms with E-state index in [1.807, 2.05) is 13.1 Å². The predicted molar refractivity (Wildman–Crippen MR) is 89.7 cm³/mol. The molecule has 2 nitrogen and oxygen atoms in total. The smallest absolute Gasteiger partial charge is 0.0873 e. The average Bonchev–Trinajstić information content (AvgIpc) is 2.47. The summed E-state index contributed by atoms with van der Waals surface area (Å²) in [7, 11) is 1.96. The Balaban J connectivity index is 2.28. The van der Waals surface area contributed by atoms with Crippen molar-refractivity contribution in [3.05, 3.63) is 65.7 Å². The molecule has 2 rings (SSSR count). The lowest BCUT2D eigenvalue weighted by molar-refractivity contribution is -0.0613. The van der Waals surface area contributed by atoms with Crippen LogP contribution in [0.2, 0.25) is 0 Å². The molecule has 0 aromatic heterocycles. The van der Waals surface area contributed by atoms with Crippen LogP contribution in [0.3, 0.4) is 0 Å². The van der Waals surface area contributed by atoms with Crippen molar-refractivity contribution in [2.24, 2.45) is 0 Å². The van der Waals surface area contributed by atoms with Crippen LogP contribution < -0.4 is 5.32 Å². The van der Waals surface area contributed by atoms with E-state index >= 15 is 0 Å². The zero-order chi connectivity index (χ0) is 15.3. The molecular weight excluding hydrogens is 258 g/mol. The lowest BCUT2D eigenvalue weighted by atomic mass is 9.99. The molecule has 112 valence electrons. The topological polar surface area (TPSA) is 21.3 Å². The monoisotopic (exact) mass is 283 g/mol. The third kappa shape index (κ3) is 4.61. The van der Waals surface area contributed by atoms with Gasteiger partial charge >= 0.3 is 0 Å². The highest BCUT2D eigenvalue weighted by Gasteiger charge is 2.21. The van der Waals surface area contributed by atoms with Crippen molar-refractivity contribution in [1.82, 2.24) is 0 Å². The van der Waals surface area contributed by atoms with E-state index in [1.54, 1.807) is 0 Å². The number of anilines is 1. The van der Waals surface area contributed by atoms with Gasteiger partial charge in [0.25, 0.3) is 0 Å². The van der Waals surface area contributed by atoms with E-state index < -0.39 is 0 Å². The minimum absolute atomic E-state index is 0.0562. The quantitative estimate of drug-likeness (QED) is 0.848. The normalized spacial score (nSPS) is 13.0. The Morgan fingerprint density at radius 1 is 0.952 bits per heavy atom. The number of hydrogen-bond acceptors (Lipinski definition) is 2. The second-order valence-corrected chi connectivity index (χ2v) is 6.24. The lowest BCUT2D eigenvalue weighted by Crippen LogP contribution is -2.24. The largest absolute Gasteiger partial charge is 0.388 e. The molecule has 0 bridgehead atoms. The summed E-state index contributed by atoms with van der Waals surface area (Å²) in [4.78, 5) is 0. The number of benzene rings is 2. The highest BCUT2D eigenvalue weighted by molar-refractivity contribution is 5.51. The molecule has 2 aromatic carbocycles. The molecule has 2 heteroatoms. The molecule has 0 radical (unpaired) electrons. The zero-order valence-corrected chi connectivity index (χ0v) is 13.4. The van der Waals surface area contributed by atoms with Crippen molar-refractivity contribution >= 4 is 5.69 Å². The molecule has 1 N–H and O–H groups in total. The van der Waals surface area contributed by atoms with Crippen LogP contribution in [0, 0.1) is 0 Å². The van der Waals surface area contributed by atoms with E-state index in [4.69, 9.17) is 4.74 Å². The Morgan fingerprint density at radius 3 is 2.19 bits per heavy atom. The lowest BCUT2D eigenvalue weighted by Gasteiger charge is -2.28. The number of nitrogens with one attached hydrogen (secondary N) is 1. The summed E-state index contributed by atoms with van der Waals surface area (Å²) in [5.74, 6) is 0. The van der Waals surface area contributed by atoms with E-state index in [0.29, 0.717) is 0 Å². The summed E-state index contributed by atoms with van der Waals surface area (Å²) >= 11 is 0. The Labute approximate surface area is 128 Å². The van der Waals surface area contributed by atoms with E-state index in [-0.39, 0.29) is 11.7 Å². The van der Waals surface area contributed by atoms with Gasteiger partial charge in [-0.25, -0.2) is 0 Å². The van der Waals surface area contributed by atoms with Crippen molar-refractivity contribution < 1.29 is 4.74 Å². The minimum Gasteiger partial charge on any atom is -0.388 e. The molecule has 0 heterocycles. The fourth-order valence-corrected chi connectivity index (χ4v) is 2.46. The highest BCUT2D eigenvalue weighted by atomic mass is 16.5. The van der Waals surface area contributed by atoms with Gasteiger partial charge in [-0.1, -0.05) is 48.5 Å². The van der Waals surface area contributed by atoms with Gasteiger partial charge in [-0.2, -0.15) is 0 Å². The zero-order valence-electron chi connectivity index (χ0n) is 13.4. The van der Waals surface area contributed by atoms with Crippen molar-refractivity contribution in [3.63, 3.8) is 0 Å². The molecular formula is C19H25NO. The maximum Gasteiger partial charge on any atom is 0.0873 e. The van der Waals surface area contributed by atoms with Crippen LogP contribution in [0.1, 0.15) is 38.0 Å². The summed E-state index contributed by atoms with van der Waals surface area (Å²) in [6.07, 6.45) is 0.916. The second-order valence-electron chi connectivity index (χ2n) is 6.24. The van der Waals surface area contributed by atoms with E-state index in [9.17, 15) is 0 Å². The third-order valence-electron chi connectivity index (χ3n) is 3.36. The van der Waals surface area contributed by atoms with Crippen molar-refractivity contribution in [2.75, 3.05) is 12.4 Å². The second kappa shape index (κ2) is 6.77. The Kier molecular flexibility index (Phi) is 5.03. The van der Waals surface area contributed by atoms with Crippen LogP contribution in [0.5, 0.6) is 0 Å². The number of rotatable bonds is 5. The number of hydrogen-bond donors (Lipinski definition) is 1. The molecule has 1 atom stereocenters. The Hall–Kier alpha value is -1.80. The first-order chi connectivity index (χ1) is 9.99. The third-order valence-corrected chi connectivity index (χ3v) is 3.36.